The van der Waals surface area contributed by atoms with Crippen LogP contribution in [0, 0.1) is 17.2 Å². The Labute approximate surface area is 124 Å². The van der Waals surface area contributed by atoms with Crippen LogP contribution in [0.15, 0.2) is 30.7 Å². The van der Waals surface area contributed by atoms with Gasteiger partial charge in [0.15, 0.2) is 0 Å². The summed E-state index contributed by atoms with van der Waals surface area (Å²) < 4.78 is 2.26. The first-order valence-electron chi connectivity index (χ1n) is 7.29. The summed E-state index contributed by atoms with van der Waals surface area (Å²) in [7, 11) is 0. The summed E-state index contributed by atoms with van der Waals surface area (Å²) >= 11 is 0. The Morgan fingerprint density at radius 2 is 2.14 bits per heavy atom. The average molecular weight is 281 g/mol. The fourth-order valence-corrected chi connectivity index (χ4v) is 2.79. The molecule has 0 bridgehead atoms. The zero-order valence-corrected chi connectivity index (χ0v) is 12.4. The van der Waals surface area contributed by atoms with Crippen molar-refractivity contribution in [2.24, 2.45) is 5.92 Å². The fourth-order valence-electron chi connectivity index (χ4n) is 2.79. The van der Waals surface area contributed by atoms with E-state index in [9.17, 15) is 0 Å². The Morgan fingerprint density at radius 1 is 1.33 bits per heavy atom. The van der Waals surface area contributed by atoms with E-state index >= 15 is 0 Å². The lowest BCUT2D eigenvalue weighted by atomic mass is 9.99. The van der Waals surface area contributed by atoms with Crippen LogP contribution in [-0.2, 0) is 6.54 Å². The van der Waals surface area contributed by atoms with E-state index in [-0.39, 0.29) is 0 Å². The molecule has 5 nitrogen and oxygen atoms in total. The molecular formula is C16H19N5. The zero-order valence-electron chi connectivity index (χ0n) is 12.4. The summed E-state index contributed by atoms with van der Waals surface area (Å²) in [5.41, 5.74) is 0.667. The third-order valence-corrected chi connectivity index (χ3v) is 3.87. The Morgan fingerprint density at radius 3 is 2.86 bits per heavy atom. The maximum absolute atomic E-state index is 8.93. The minimum Gasteiger partial charge on any atom is -0.356 e. The highest BCUT2D eigenvalue weighted by molar-refractivity contribution is 5.46. The van der Waals surface area contributed by atoms with Crippen molar-refractivity contribution in [2.75, 3.05) is 18.0 Å². The molecule has 1 saturated heterocycles. The molecule has 2 aromatic heterocycles. The van der Waals surface area contributed by atoms with Crippen LogP contribution in [0.2, 0.25) is 0 Å². The highest BCUT2D eigenvalue weighted by Gasteiger charge is 2.28. The molecule has 0 amide bonds. The van der Waals surface area contributed by atoms with Gasteiger partial charge in [-0.15, -0.1) is 0 Å². The van der Waals surface area contributed by atoms with Crippen LogP contribution in [-0.4, -0.2) is 27.6 Å². The van der Waals surface area contributed by atoms with E-state index in [1.165, 1.54) is 0 Å². The van der Waals surface area contributed by atoms with Crippen LogP contribution in [0.25, 0.3) is 0 Å². The van der Waals surface area contributed by atoms with Gasteiger partial charge in [-0.25, -0.2) is 9.97 Å². The van der Waals surface area contributed by atoms with E-state index in [1.54, 1.807) is 12.3 Å². The lowest BCUT2D eigenvalue weighted by Crippen LogP contribution is -2.49. The summed E-state index contributed by atoms with van der Waals surface area (Å²) in [5, 5.41) is 8.93. The van der Waals surface area contributed by atoms with Crippen molar-refractivity contribution in [3.8, 4) is 6.07 Å². The number of pyridine rings is 1. The molecule has 0 saturated carbocycles. The van der Waals surface area contributed by atoms with Gasteiger partial charge in [0.2, 0.25) is 0 Å². The highest BCUT2D eigenvalue weighted by atomic mass is 15.2. The van der Waals surface area contributed by atoms with Crippen LogP contribution in [0.3, 0.4) is 0 Å². The molecule has 108 valence electrons. The average Bonchev–Trinajstić information content (AvgIpc) is 2.90. The number of imidazole rings is 1. The van der Waals surface area contributed by atoms with Gasteiger partial charge in [0, 0.05) is 50.1 Å². The molecule has 3 rings (SSSR count). The molecule has 0 N–H and O–H groups in total. The molecule has 0 spiro atoms. The lowest BCUT2D eigenvalue weighted by molar-refractivity contribution is 0.349. The quantitative estimate of drug-likeness (QED) is 0.863. The summed E-state index contributed by atoms with van der Waals surface area (Å²) in [6.07, 6.45) is 5.64. The topological polar surface area (TPSA) is 57.7 Å². The van der Waals surface area contributed by atoms with Gasteiger partial charge in [0.05, 0.1) is 11.6 Å². The Kier molecular flexibility index (Phi) is 3.61. The highest BCUT2D eigenvalue weighted by Crippen LogP contribution is 2.25. The van der Waals surface area contributed by atoms with Crippen molar-refractivity contribution in [3.05, 3.63) is 42.1 Å². The van der Waals surface area contributed by atoms with Crippen LogP contribution in [0.5, 0.6) is 0 Å². The van der Waals surface area contributed by atoms with Crippen molar-refractivity contribution in [3.63, 3.8) is 0 Å². The summed E-state index contributed by atoms with van der Waals surface area (Å²) in [4.78, 5) is 11.0. The molecule has 1 fully saturated rings. The molecule has 0 unspecified atom stereocenters. The number of nitrogens with zero attached hydrogens (tertiary/aromatic N) is 5. The number of nitriles is 1. The van der Waals surface area contributed by atoms with Gasteiger partial charge in [-0.1, -0.05) is 13.8 Å². The van der Waals surface area contributed by atoms with E-state index in [0.29, 0.717) is 17.4 Å². The molecular weight excluding hydrogens is 262 g/mol. The second kappa shape index (κ2) is 5.57. The van der Waals surface area contributed by atoms with Crippen LogP contribution < -0.4 is 4.90 Å². The van der Waals surface area contributed by atoms with Crippen molar-refractivity contribution < 1.29 is 0 Å². The first-order valence-corrected chi connectivity index (χ1v) is 7.29. The van der Waals surface area contributed by atoms with Gasteiger partial charge >= 0.3 is 0 Å². The number of hydrogen-bond donors (Lipinski definition) is 0. The van der Waals surface area contributed by atoms with Crippen molar-refractivity contribution in [2.45, 2.75) is 26.3 Å². The van der Waals surface area contributed by atoms with E-state index < -0.39 is 0 Å². The van der Waals surface area contributed by atoms with Gasteiger partial charge in [0.1, 0.15) is 11.6 Å². The lowest BCUT2D eigenvalue weighted by Gasteiger charge is -2.40. The first-order chi connectivity index (χ1) is 10.2. The van der Waals surface area contributed by atoms with Gasteiger partial charge in [-0.05, 0) is 12.1 Å². The summed E-state index contributed by atoms with van der Waals surface area (Å²) in [6, 6.07) is 5.75. The minimum atomic E-state index is 0.449. The molecule has 1 aliphatic rings. The van der Waals surface area contributed by atoms with Crippen LogP contribution >= 0.6 is 0 Å². The van der Waals surface area contributed by atoms with Gasteiger partial charge in [-0.3, -0.25) is 0 Å². The van der Waals surface area contributed by atoms with Crippen molar-refractivity contribution in [1.29, 1.82) is 5.26 Å². The normalized spacial score (nSPS) is 15.0. The maximum Gasteiger partial charge on any atom is 0.129 e. The SMILES string of the molecule is CC(C)c1nccn1CC1CN(c2cc(C#N)ccn2)C1. The molecule has 3 heterocycles. The number of aromatic nitrogens is 3. The van der Waals surface area contributed by atoms with Crippen LogP contribution in [0.4, 0.5) is 5.82 Å². The predicted octanol–water partition coefficient (Wildman–Crippen LogP) is 2.41. The van der Waals surface area contributed by atoms with E-state index in [1.807, 2.05) is 12.3 Å². The standard InChI is InChI=1S/C16H19N5/c1-12(2)16-19-5-6-20(16)9-14-10-21(11-14)15-7-13(8-17)3-4-18-15/h3-7,12,14H,9-11H2,1-2H3. The third kappa shape index (κ3) is 2.75. The fraction of sp³-hybridized carbons (Fsp3) is 0.438. The molecule has 0 radical (unpaired) electrons. The predicted molar refractivity (Wildman–Crippen MR) is 81.0 cm³/mol. The van der Waals surface area contributed by atoms with Gasteiger partial charge in [-0.2, -0.15) is 5.26 Å². The third-order valence-electron chi connectivity index (χ3n) is 3.87. The zero-order chi connectivity index (χ0) is 14.8. The van der Waals surface area contributed by atoms with Crippen molar-refractivity contribution in [1.82, 2.24) is 14.5 Å². The first kappa shape index (κ1) is 13.6. The maximum atomic E-state index is 8.93. The minimum absolute atomic E-state index is 0.449. The second-order valence-corrected chi connectivity index (χ2v) is 5.88. The smallest absolute Gasteiger partial charge is 0.129 e. The number of rotatable bonds is 4. The molecule has 21 heavy (non-hydrogen) atoms. The number of anilines is 1. The molecule has 5 heteroatoms. The largest absolute Gasteiger partial charge is 0.356 e. The van der Waals surface area contributed by atoms with E-state index in [4.69, 9.17) is 5.26 Å². The Bertz CT molecular complexity index is 661. The van der Waals surface area contributed by atoms with Crippen LogP contribution in [0.1, 0.15) is 31.2 Å². The second-order valence-electron chi connectivity index (χ2n) is 5.88. The monoisotopic (exact) mass is 281 g/mol. The van der Waals surface area contributed by atoms with Crippen molar-refractivity contribution >= 4 is 5.82 Å². The molecule has 0 aromatic carbocycles. The summed E-state index contributed by atoms with van der Waals surface area (Å²) in [5.74, 6) is 3.12. The van der Waals surface area contributed by atoms with Gasteiger partial charge in [0.25, 0.3) is 0 Å². The molecule has 2 aromatic rings. The Balaban J connectivity index is 1.61. The molecule has 1 aliphatic heterocycles. The summed E-state index contributed by atoms with van der Waals surface area (Å²) in [6.45, 7) is 7.31. The number of hydrogen-bond acceptors (Lipinski definition) is 4. The molecule has 0 aliphatic carbocycles. The molecule has 0 atom stereocenters. The Hall–Kier alpha value is -2.35. The van der Waals surface area contributed by atoms with E-state index in [2.05, 4.69) is 45.5 Å². The van der Waals surface area contributed by atoms with E-state index in [0.717, 1.165) is 31.3 Å². The van der Waals surface area contributed by atoms with Gasteiger partial charge < -0.3 is 9.47 Å².